The molecule has 3 N–H and O–H groups in total. The second-order valence-electron chi connectivity index (χ2n) is 5.18. The van der Waals surface area contributed by atoms with Crippen molar-refractivity contribution in [3.63, 3.8) is 0 Å². The SMILES string of the molecule is Cc1cc(CN)ccc1N(CCO)C1CCCC1. The van der Waals surface area contributed by atoms with Gasteiger partial charge in [-0.05, 0) is 37.0 Å². The van der Waals surface area contributed by atoms with Gasteiger partial charge in [0, 0.05) is 24.8 Å². The van der Waals surface area contributed by atoms with Gasteiger partial charge in [0.15, 0.2) is 0 Å². The summed E-state index contributed by atoms with van der Waals surface area (Å²) in [5.74, 6) is 0. The van der Waals surface area contributed by atoms with Gasteiger partial charge < -0.3 is 15.7 Å². The third-order valence-electron chi connectivity index (χ3n) is 3.91. The molecule has 0 aromatic heterocycles. The number of aliphatic hydroxyl groups excluding tert-OH is 1. The standard InChI is InChI=1S/C15H24N2O/c1-12-10-13(11-16)6-7-15(12)17(8-9-18)14-4-2-3-5-14/h6-7,10,14,18H,2-5,8-9,11,16H2,1H3. The lowest BCUT2D eigenvalue weighted by Gasteiger charge is -2.32. The average Bonchev–Trinajstić information content (AvgIpc) is 2.90. The van der Waals surface area contributed by atoms with Crippen LogP contribution in [0, 0.1) is 6.92 Å². The van der Waals surface area contributed by atoms with Gasteiger partial charge in [0.1, 0.15) is 0 Å². The fraction of sp³-hybridized carbons (Fsp3) is 0.600. The number of aryl methyl sites for hydroxylation is 1. The maximum Gasteiger partial charge on any atom is 0.0606 e. The van der Waals surface area contributed by atoms with Crippen molar-refractivity contribution in [3.8, 4) is 0 Å². The zero-order valence-electron chi connectivity index (χ0n) is 11.2. The number of anilines is 1. The monoisotopic (exact) mass is 248 g/mol. The van der Waals surface area contributed by atoms with Crippen LogP contribution in [-0.2, 0) is 6.54 Å². The Morgan fingerprint density at radius 3 is 2.61 bits per heavy atom. The number of rotatable bonds is 5. The average molecular weight is 248 g/mol. The number of hydrogen-bond acceptors (Lipinski definition) is 3. The van der Waals surface area contributed by atoms with E-state index >= 15 is 0 Å². The topological polar surface area (TPSA) is 49.5 Å². The lowest BCUT2D eigenvalue weighted by molar-refractivity contribution is 0.297. The fourth-order valence-corrected chi connectivity index (χ4v) is 2.99. The van der Waals surface area contributed by atoms with E-state index in [-0.39, 0.29) is 6.61 Å². The van der Waals surface area contributed by atoms with Crippen LogP contribution in [0.1, 0.15) is 36.8 Å². The van der Waals surface area contributed by atoms with Crippen LogP contribution in [0.25, 0.3) is 0 Å². The van der Waals surface area contributed by atoms with E-state index in [1.54, 1.807) is 0 Å². The molecule has 0 saturated heterocycles. The van der Waals surface area contributed by atoms with Crippen molar-refractivity contribution in [2.45, 2.75) is 45.2 Å². The van der Waals surface area contributed by atoms with E-state index in [0.717, 1.165) is 6.54 Å². The second kappa shape index (κ2) is 6.21. The minimum atomic E-state index is 0.217. The summed E-state index contributed by atoms with van der Waals surface area (Å²) in [5.41, 5.74) is 9.36. The molecule has 100 valence electrons. The molecule has 1 aliphatic carbocycles. The summed E-state index contributed by atoms with van der Waals surface area (Å²) in [5, 5.41) is 9.29. The van der Waals surface area contributed by atoms with Gasteiger partial charge in [-0.1, -0.05) is 25.0 Å². The van der Waals surface area contributed by atoms with Crippen molar-refractivity contribution in [2.75, 3.05) is 18.1 Å². The van der Waals surface area contributed by atoms with Gasteiger partial charge >= 0.3 is 0 Å². The molecule has 1 fully saturated rings. The van der Waals surface area contributed by atoms with E-state index in [1.807, 2.05) is 0 Å². The van der Waals surface area contributed by atoms with Gasteiger partial charge in [-0.3, -0.25) is 0 Å². The lowest BCUT2D eigenvalue weighted by Crippen LogP contribution is -2.36. The summed E-state index contributed by atoms with van der Waals surface area (Å²) in [6.07, 6.45) is 5.12. The molecular weight excluding hydrogens is 224 g/mol. The Labute approximate surface area is 110 Å². The molecule has 18 heavy (non-hydrogen) atoms. The van der Waals surface area contributed by atoms with Crippen molar-refractivity contribution in [3.05, 3.63) is 29.3 Å². The maximum absolute atomic E-state index is 9.29. The number of nitrogens with zero attached hydrogens (tertiary/aromatic N) is 1. The Hall–Kier alpha value is -1.06. The van der Waals surface area contributed by atoms with Crippen molar-refractivity contribution in [1.82, 2.24) is 0 Å². The highest BCUT2D eigenvalue weighted by molar-refractivity contribution is 5.55. The molecule has 1 aliphatic rings. The molecule has 0 amide bonds. The fourth-order valence-electron chi connectivity index (χ4n) is 2.99. The first-order valence-electron chi connectivity index (χ1n) is 6.93. The van der Waals surface area contributed by atoms with E-state index in [2.05, 4.69) is 30.0 Å². The van der Waals surface area contributed by atoms with Gasteiger partial charge in [0.05, 0.1) is 6.61 Å². The van der Waals surface area contributed by atoms with Crippen molar-refractivity contribution < 1.29 is 5.11 Å². The van der Waals surface area contributed by atoms with Gasteiger partial charge in [-0.2, -0.15) is 0 Å². The summed E-state index contributed by atoms with van der Waals surface area (Å²) in [6, 6.07) is 7.02. The minimum Gasteiger partial charge on any atom is -0.395 e. The van der Waals surface area contributed by atoms with Crippen LogP contribution in [0.4, 0.5) is 5.69 Å². The van der Waals surface area contributed by atoms with E-state index in [4.69, 9.17) is 5.73 Å². The van der Waals surface area contributed by atoms with E-state index in [1.165, 1.54) is 42.5 Å². The molecule has 0 unspecified atom stereocenters. The normalized spacial score (nSPS) is 16.2. The Bertz CT molecular complexity index is 386. The predicted molar refractivity (Wildman–Crippen MR) is 75.8 cm³/mol. The van der Waals surface area contributed by atoms with Gasteiger partial charge in [0.25, 0.3) is 0 Å². The van der Waals surface area contributed by atoms with Crippen molar-refractivity contribution >= 4 is 5.69 Å². The van der Waals surface area contributed by atoms with Crippen LogP contribution in [0.3, 0.4) is 0 Å². The summed E-state index contributed by atoms with van der Waals surface area (Å²) >= 11 is 0. The zero-order valence-corrected chi connectivity index (χ0v) is 11.2. The molecule has 0 aliphatic heterocycles. The molecule has 1 aromatic rings. The molecule has 0 atom stereocenters. The lowest BCUT2D eigenvalue weighted by atomic mass is 10.1. The molecular formula is C15H24N2O. The largest absolute Gasteiger partial charge is 0.395 e. The minimum absolute atomic E-state index is 0.217. The molecule has 1 aromatic carbocycles. The van der Waals surface area contributed by atoms with Gasteiger partial charge in [-0.25, -0.2) is 0 Å². The molecule has 0 bridgehead atoms. The summed E-state index contributed by atoms with van der Waals surface area (Å²) in [4.78, 5) is 2.38. The molecule has 0 radical (unpaired) electrons. The van der Waals surface area contributed by atoms with Gasteiger partial charge in [0.2, 0.25) is 0 Å². The Morgan fingerprint density at radius 1 is 1.33 bits per heavy atom. The van der Waals surface area contributed by atoms with Crippen LogP contribution in [0.15, 0.2) is 18.2 Å². The van der Waals surface area contributed by atoms with E-state index < -0.39 is 0 Å². The van der Waals surface area contributed by atoms with Crippen LogP contribution in [0.2, 0.25) is 0 Å². The quantitative estimate of drug-likeness (QED) is 0.840. The summed E-state index contributed by atoms with van der Waals surface area (Å²) in [6.45, 7) is 3.67. The number of benzene rings is 1. The van der Waals surface area contributed by atoms with Crippen LogP contribution >= 0.6 is 0 Å². The summed E-state index contributed by atoms with van der Waals surface area (Å²) < 4.78 is 0. The highest BCUT2D eigenvalue weighted by atomic mass is 16.3. The smallest absolute Gasteiger partial charge is 0.0606 e. The highest BCUT2D eigenvalue weighted by Gasteiger charge is 2.23. The predicted octanol–water partition coefficient (Wildman–Crippen LogP) is 2.20. The summed E-state index contributed by atoms with van der Waals surface area (Å²) in [7, 11) is 0. The molecule has 0 heterocycles. The van der Waals surface area contributed by atoms with Crippen LogP contribution in [0.5, 0.6) is 0 Å². The first-order chi connectivity index (χ1) is 8.76. The third-order valence-corrected chi connectivity index (χ3v) is 3.91. The molecule has 1 saturated carbocycles. The Balaban J connectivity index is 2.23. The van der Waals surface area contributed by atoms with Crippen molar-refractivity contribution in [2.24, 2.45) is 5.73 Å². The number of hydrogen-bond donors (Lipinski definition) is 2. The number of nitrogens with two attached hydrogens (primary N) is 1. The molecule has 3 nitrogen and oxygen atoms in total. The number of aliphatic hydroxyl groups is 1. The maximum atomic E-state index is 9.29. The zero-order chi connectivity index (χ0) is 13.0. The van der Waals surface area contributed by atoms with Crippen molar-refractivity contribution in [1.29, 1.82) is 0 Å². The molecule has 0 spiro atoms. The Morgan fingerprint density at radius 2 is 2.06 bits per heavy atom. The van der Waals surface area contributed by atoms with Crippen LogP contribution < -0.4 is 10.6 Å². The Kier molecular flexibility index (Phi) is 4.61. The second-order valence-corrected chi connectivity index (χ2v) is 5.18. The third kappa shape index (κ3) is 2.85. The van der Waals surface area contributed by atoms with Crippen LogP contribution in [-0.4, -0.2) is 24.3 Å². The first kappa shape index (κ1) is 13.4. The van der Waals surface area contributed by atoms with Gasteiger partial charge in [-0.15, -0.1) is 0 Å². The molecule has 3 heteroatoms. The highest BCUT2D eigenvalue weighted by Crippen LogP contribution is 2.30. The van der Waals surface area contributed by atoms with E-state index in [0.29, 0.717) is 12.6 Å². The van der Waals surface area contributed by atoms with E-state index in [9.17, 15) is 5.11 Å². The molecule has 2 rings (SSSR count). The first-order valence-corrected chi connectivity index (χ1v) is 6.93.